The molecule has 1 N–H and O–H groups in total. The van der Waals surface area contributed by atoms with Crippen molar-refractivity contribution >= 4 is 0 Å². The normalized spacial score (nSPS) is 16.4. The molecule has 0 amide bonds. The maximum atomic E-state index is 10.4. The maximum absolute atomic E-state index is 10.4. The van der Waals surface area contributed by atoms with Crippen molar-refractivity contribution in [3.8, 4) is 17.2 Å². The predicted octanol–water partition coefficient (Wildman–Crippen LogP) is 3.46. The number of phenolic OH excluding ortho intramolecular Hbond substituents is 1. The van der Waals surface area contributed by atoms with Crippen molar-refractivity contribution in [2.24, 2.45) is 0 Å². The first-order valence-electron chi connectivity index (χ1n) is 8.97. The zero-order valence-corrected chi connectivity index (χ0v) is 15.0. The second-order valence-electron chi connectivity index (χ2n) is 7.04. The van der Waals surface area contributed by atoms with Crippen molar-refractivity contribution in [2.45, 2.75) is 38.8 Å². The Bertz CT molecular complexity index is 800. The Hall–Kier alpha value is -2.20. The van der Waals surface area contributed by atoms with Gasteiger partial charge in [0.05, 0.1) is 14.2 Å². The monoisotopic (exact) mass is 339 g/mol. The van der Waals surface area contributed by atoms with E-state index in [1.807, 2.05) is 6.07 Å². The molecule has 25 heavy (non-hydrogen) atoms. The fourth-order valence-corrected chi connectivity index (χ4v) is 4.11. The molecule has 132 valence electrons. The number of ether oxygens (including phenoxy) is 2. The maximum Gasteiger partial charge on any atom is 0.161 e. The highest BCUT2D eigenvalue weighted by Crippen LogP contribution is 2.35. The number of fused-ring (bicyclic) bond motifs is 2. The van der Waals surface area contributed by atoms with E-state index in [0.717, 1.165) is 56.0 Å². The van der Waals surface area contributed by atoms with E-state index in [-0.39, 0.29) is 0 Å². The van der Waals surface area contributed by atoms with Gasteiger partial charge in [-0.1, -0.05) is 6.07 Å². The van der Waals surface area contributed by atoms with Gasteiger partial charge in [-0.15, -0.1) is 0 Å². The average molecular weight is 339 g/mol. The molecule has 2 aliphatic rings. The Balaban J connectivity index is 1.55. The first-order chi connectivity index (χ1) is 12.2. The highest BCUT2D eigenvalue weighted by atomic mass is 16.5. The second kappa shape index (κ2) is 6.60. The number of nitrogens with zero attached hydrogens (tertiary/aromatic N) is 1. The van der Waals surface area contributed by atoms with Gasteiger partial charge in [-0.3, -0.25) is 4.90 Å². The van der Waals surface area contributed by atoms with E-state index in [2.05, 4.69) is 23.1 Å². The van der Waals surface area contributed by atoms with E-state index in [9.17, 15) is 5.11 Å². The summed E-state index contributed by atoms with van der Waals surface area (Å²) in [7, 11) is 3.35. The number of rotatable bonds is 4. The van der Waals surface area contributed by atoms with E-state index in [1.165, 1.54) is 28.7 Å². The van der Waals surface area contributed by atoms with Crippen molar-refractivity contribution in [3.05, 3.63) is 52.1 Å². The van der Waals surface area contributed by atoms with Crippen LogP contribution in [0.1, 0.15) is 34.2 Å². The minimum absolute atomic E-state index is 0.443. The Morgan fingerprint density at radius 3 is 2.24 bits per heavy atom. The van der Waals surface area contributed by atoms with Gasteiger partial charge in [0.25, 0.3) is 0 Å². The molecule has 4 heteroatoms. The molecule has 0 bridgehead atoms. The molecule has 2 aromatic carbocycles. The fraction of sp³-hybridized carbons (Fsp3) is 0.429. The fourth-order valence-electron chi connectivity index (χ4n) is 4.11. The largest absolute Gasteiger partial charge is 0.508 e. The van der Waals surface area contributed by atoms with Crippen LogP contribution in [-0.2, 0) is 32.4 Å². The number of methoxy groups -OCH3 is 2. The molecule has 1 heterocycles. The van der Waals surface area contributed by atoms with Gasteiger partial charge in [0.15, 0.2) is 11.5 Å². The Kier molecular flexibility index (Phi) is 4.30. The topological polar surface area (TPSA) is 41.9 Å². The Labute approximate surface area is 149 Å². The van der Waals surface area contributed by atoms with Crippen molar-refractivity contribution in [1.29, 1.82) is 0 Å². The summed E-state index contributed by atoms with van der Waals surface area (Å²) in [6.07, 6.45) is 4.43. The third kappa shape index (κ3) is 3.07. The van der Waals surface area contributed by atoms with Crippen LogP contribution in [0.25, 0.3) is 0 Å². The van der Waals surface area contributed by atoms with Crippen molar-refractivity contribution in [2.75, 3.05) is 20.8 Å². The van der Waals surface area contributed by atoms with Gasteiger partial charge in [0.2, 0.25) is 0 Å². The van der Waals surface area contributed by atoms with Gasteiger partial charge in [-0.25, -0.2) is 0 Å². The molecule has 0 aromatic heterocycles. The van der Waals surface area contributed by atoms with Crippen LogP contribution in [0.4, 0.5) is 0 Å². The molecule has 0 saturated heterocycles. The Morgan fingerprint density at radius 2 is 1.52 bits per heavy atom. The molecule has 0 spiro atoms. The summed E-state index contributed by atoms with van der Waals surface area (Å²) in [6.45, 7) is 2.64. The van der Waals surface area contributed by atoms with Crippen molar-refractivity contribution in [1.82, 2.24) is 4.90 Å². The lowest BCUT2D eigenvalue weighted by atomic mass is 9.97. The highest BCUT2D eigenvalue weighted by Gasteiger charge is 2.21. The van der Waals surface area contributed by atoms with Crippen LogP contribution in [0.5, 0.6) is 17.2 Å². The van der Waals surface area contributed by atoms with Crippen molar-refractivity contribution < 1.29 is 14.6 Å². The van der Waals surface area contributed by atoms with Crippen LogP contribution in [0.3, 0.4) is 0 Å². The molecule has 0 saturated carbocycles. The van der Waals surface area contributed by atoms with Crippen molar-refractivity contribution in [3.63, 3.8) is 0 Å². The number of phenols is 1. The standard InChI is InChI=1S/C21H25NO3/c1-24-20-10-16-6-7-22(12-17(16)11-21(20)25-2)13-18-8-14-4-3-5-15(14)9-19(18)23/h8-11,23H,3-7,12-13H2,1-2H3. The third-order valence-electron chi connectivity index (χ3n) is 5.48. The van der Waals surface area contributed by atoms with Crippen LogP contribution < -0.4 is 9.47 Å². The van der Waals surface area contributed by atoms with Gasteiger partial charge < -0.3 is 14.6 Å². The summed E-state index contributed by atoms with van der Waals surface area (Å²) in [5, 5.41) is 10.4. The Morgan fingerprint density at radius 1 is 0.880 bits per heavy atom. The summed E-state index contributed by atoms with van der Waals surface area (Å²) in [5.41, 5.74) is 6.39. The van der Waals surface area contributed by atoms with Crippen LogP contribution in [0, 0.1) is 0 Å². The van der Waals surface area contributed by atoms with E-state index in [1.54, 1.807) is 14.2 Å². The first kappa shape index (κ1) is 16.3. The van der Waals surface area contributed by atoms with E-state index >= 15 is 0 Å². The zero-order chi connectivity index (χ0) is 17.4. The molecule has 0 radical (unpaired) electrons. The van der Waals surface area contributed by atoms with Crippen LogP contribution in [-0.4, -0.2) is 30.8 Å². The zero-order valence-electron chi connectivity index (χ0n) is 15.0. The molecular formula is C21H25NO3. The second-order valence-corrected chi connectivity index (χ2v) is 7.04. The third-order valence-corrected chi connectivity index (χ3v) is 5.48. The van der Waals surface area contributed by atoms with Gasteiger partial charge in [-0.2, -0.15) is 0 Å². The van der Waals surface area contributed by atoms with Gasteiger partial charge >= 0.3 is 0 Å². The van der Waals surface area contributed by atoms with E-state index in [4.69, 9.17) is 9.47 Å². The van der Waals surface area contributed by atoms with Gasteiger partial charge in [0, 0.05) is 25.2 Å². The van der Waals surface area contributed by atoms with E-state index in [0.29, 0.717) is 5.75 Å². The number of hydrogen-bond donors (Lipinski definition) is 1. The minimum Gasteiger partial charge on any atom is -0.508 e. The summed E-state index contributed by atoms with van der Waals surface area (Å²) < 4.78 is 10.9. The SMILES string of the molecule is COc1cc2c(cc1OC)CN(Cc1cc3c(cc1O)CCC3)CC2. The van der Waals surface area contributed by atoms with Gasteiger partial charge in [-0.05, 0) is 66.1 Å². The molecule has 4 nitrogen and oxygen atoms in total. The smallest absolute Gasteiger partial charge is 0.161 e. The number of hydrogen-bond acceptors (Lipinski definition) is 4. The summed E-state index contributed by atoms with van der Waals surface area (Å²) in [4.78, 5) is 2.39. The molecular weight excluding hydrogens is 314 g/mol. The summed E-state index contributed by atoms with van der Waals surface area (Å²) in [5.74, 6) is 2.02. The highest BCUT2D eigenvalue weighted by molar-refractivity contribution is 5.48. The molecule has 2 aromatic rings. The number of aryl methyl sites for hydroxylation is 2. The predicted molar refractivity (Wildman–Crippen MR) is 97.5 cm³/mol. The lowest BCUT2D eigenvalue weighted by molar-refractivity contribution is 0.241. The van der Waals surface area contributed by atoms with E-state index < -0.39 is 0 Å². The number of benzene rings is 2. The summed E-state index contributed by atoms with van der Waals surface area (Å²) in [6, 6.07) is 8.37. The molecule has 0 fully saturated rings. The lowest BCUT2D eigenvalue weighted by Gasteiger charge is -2.30. The molecule has 0 unspecified atom stereocenters. The molecule has 1 aliphatic carbocycles. The molecule has 4 rings (SSSR count). The number of aromatic hydroxyl groups is 1. The van der Waals surface area contributed by atoms with Crippen LogP contribution >= 0.6 is 0 Å². The van der Waals surface area contributed by atoms with Crippen LogP contribution in [0.2, 0.25) is 0 Å². The van der Waals surface area contributed by atoms with Gasteiger partial charge in [0.1, 0.15) is 5.75 Å². The molecule has 0 atom stereocenters. The lowest BCUT2D eigenvalue weighted by Crippen LogP contribution is -2.30. The average Bonchev–Trinajstić information content (AvgIpc) is 3.07. The minimum atomic E-state index is 0.443. The first-order valence-corrected chi connectivity index (χ1v) is 8.97. The molecule has 1 aliphatic heterocycles. The van der Waals surface area contributed by atoms with Crippen LogP contribution in [0.15, 0.2) is 24.3 Å². The summed E-state index contributed by atoms with van der Waals surface area (Å²) >= 11 is 0. The quantitative estimate of drug-likeness (QED) is 0.926.